The molecule has 2 unspecified atom stereocenters. The predicted octanol–water partition coefficient (Wildman–Crippen LogP) is 2.27. The van der Waals surface area contributed by atoms with Crippen molar-refractivity contribution in [3.05, 3.63) is 35.4 Å². The summed E-state index contributed by atoms with van der Waals surface area (Å²) in [6, 6.07) is 8.16. The van der Waals surface area contributed by atoms with E-state index in [-0.39, 0.29) is 5.91 Å². The Bertz CT molecular complexity index is 445. The van der Waals surface area contributed by atoms with Crippen molar-refractivity contribution in [2.24, 2.45) is 0 Å². The second-order valence-electron chi connectivity index (χ2n) is 5.70. The Morgan fingerprint density at radius 3 is 2.76 bits per heavy atom. The molecule has 0 radical (unpaired) electrons. The van der Waals surface area contributed by atoms with E-state index in [1.807, 2.05) is 31.2 Å². The fourth-order valence-electron chi connectivity index (χ4n) is 2.61. The molecule has 2 N–H and O–H groups in total. The average Bonchev–Trinajstić information content (AvgIpc) is 2.52. The van der Waals surface area contributed by atoms with Gasteiger partial charge in [0, 0.05) is 31.3 Å². The van der Waals surface area contributed by atoms with Crippen molar-refractivity contribution >= 4 is 5.91 Å². The quantitative estimate of drug-likeness (QED) is 0.790. The van der Waals surface area contributed by atoms with E-state index in [2.05, 4.69) is 17.6 Å². The minimum atomic E-state index is -0.00443. The topological polar surface area (TPSA) is 50.4 Å². The van der Waals surface area contributed by atoms with Crippen LogP contribution in [0.4, 0.5) is 0 Å². The lowest BCUT2D eigenvalue weighted by molar-refractivity contribution is 0.000110. The van der Waals surface area contributed by atoms with Crippen molar-refractivity contribution < 1.29 is 9.53 Å². The van der Waals surface area contributed by atoms with Gasteiger partial charge in [0.2, 0.25) is 0 Å². The van der Waals surface area contributed by atoms with Crippen molar-refractivity contribution in [1.82, 2.24) is 10.6 Å². The lowest BCUT2D eigenvalue weighted by atomic mass is 10.0. The Labute approximate surface area is 127 Å². The summed E-state index contributed by atoms with van der Waals surface area (Å²) in [6.07, 6.45) is 3.59. The largest absolute Gasteiger partial charge is 0.378 e. The molecule has 1 heterocycles. The van der Waals surface area contributed by atoms with Crippen molar-refractivity contribution in [3.8, 4) is 0 Å². The first-order chi connectivity index (χ1) is 10.2. The smallest absolute Gasteiger partial charge is 0.251 e. The summed E-state index contributed by atoms with van der Waals surface area (Å²) in [5, 5.41) is 6.46. The molecule has 21 heavy (non-hydrogen) atoms. The number of aryl methyl sites for hydroxylation is 1. The van der Waals surface area contributed by atoms with Gasteiger partial charge in [0.1, 0.15) is 0 Å². The first-order valence-electron chi connectivity index (χ1n) is 7.89. The monoisotopic (exact) mass is 290 g/mol. The number of hydrogen-bond donors (Lipinski definition) is 2. The molecule has 116 valence electrons. The van der Waals surface area contributed by atoms with E-state index in [9.17, 15) is 4.79 Å². The van der Waals surface area contributed by atoms with Crippen molar-refractivity contribution in [1.29, 1.82) is 0 Å². The molecular weight excluding hydrogens is 264 g/mol. The van der Waals surface area contributed by atoms with Gasteiger partial charge in [0.05, 0.1) is 6.10 Å². The zero-order chi connectivity index (χ0) is 15.1. The molecule has 0 aliphatic carbocycles. The molecular formula is C17H26N2O2. The maximum Gasteiger partial charge on any atom is 0.251 e. The molecule has 4 nitrogen and oxygen atoms in total. The van der Waals surface area contributed by atoms with Crippen LogP contribution in [0.1, 0.15) is 42.1 Å². The van der Waals surface area contributed by atoms with Crippen LogP contribution in [0, 0.1) is 6.92 Å². The Morgan fingerprint density at radius 1 is 1.29 bits per heavy atom. The minimum absolute atomic E-state index is 0.00443. The zero-order valence-electron chi connectivity index (χ0n) is 13.0. The molecule has 1 aromatic carbocycles. The number of nitrogens with one attached hydrogen (secondary N) is 2. The number of benzene rings is 1. The number of carbonyl (C=O) groups is 1. The van der Waals surface area contributed by atoms with Crippen LogP contribution >= 0.6 is 0 Å². The summed E-state index contributed by atoms with van der Waals surface area (Å²) >= 11 is 0. The summed E-state index contributed by atoms with van der Waals surface area (Å²) in [4.78, 5) is 11.9. The second-order valence-corrected chi connectivity index (χ2v) is 5.70. The molecule has 1 amide bonds. The number of carbonyl (C=O) groups excluding carboxylic acids is 1. The lowest BCUT2D eigenvalue weighted by Gasteiger charge is -2.29. The summed E-state index contributed by atoms with van der Waals surface area (Å²) in [5.74, 6) is -0.00443. The maximum absolute atomic E-state index is 11.9. The molecule has 2 atom stereocenters. The third kappa shape index (κ3) is 5.14. The van der Waals surface area contributed by atoms with Gasteiger partial charge in [0.15, 0.2) is 0 Å². The molecule has 2 rings (SSSR count). The second kappa shape index (κ2) is 8.15. The molecule has 0 spiro atoms. The van der Waals surface area contributed by atoms with Gasteiger partial charge in [-0.05, 0) is 38.3 Å². The molecule has 1 aliphatic rings. The van der Waals surface area contributed by atoms with Crippen LogP contribution in [0.3, 0.4) is 0 Å². The van der Waals surface area contributed by atoms with Crippen LogP contribution in [0.15, 0.2) is 24.3 Å². The van der Waals surface area contributed by atoms with Crippen LogP contribution < -0.4 is 10.6 Å². The van der Waals surface area contributed by atoms with Crippen molar-refractivity contribution in [3.63, 3.8) is 0 Å². The van der Waals surface area contributed by atoms with E-state index in [0.717, 1.165) is 38.0 Å². The Hall–Kier alpha value is -1.39. The third-order valence-electron chi connectivity index (χ3n) is 3.98. The Kier molecular flexibility index (Phi) is 6.21. The number of hydrogen-bond acceptors (Lipinski definition) is 3. The van der Waals surface area contributed by atoms with Gasteiger partial charge >= 0.3 is 0 Å². The lowest BCUT2D eigenvalue weighted by Crippen LogP contribution is -2.42. The van der Waals surface area contributed by atoms with Gasteiger partial charge in [-0.3, -0.25) is 4.79 Å². The maximum atomic E-state index is 11.9. The van der Waals surface area contributed by atoms with E-state index in [1.54, 1.807) is 0 Å². The molecule has 1 aliphatic heterocycles. The van der Waals surface area contributed by atoms with Gasteiger partial charge in [-0.25, -0.2) is 0 Å². The molecule has 1 aromatic rings. The van der Waals surface area contributed by atoms with Gasteiger partial charge in [0.25, 0.3) is 5.91 Å². The van der Waals surface area contributed by atoms with Crippen LogP contribution in [0.25, 0.3) is 0 Å². The van der Waals surface area contributed by atoms with Crippen LogP contribution in [-0.2, 0) is 4.74 Å². The highest BCUT2D eigenvalue weighted by atomic mass is 16.5. The molecule has 0 bridgehead atoms. The Balaban J connectivity index is 1.65. The summed E-state index contributed by atoms with van der Waals surface area (Å²) in [6.45, 7) is 6.48. The highest BCUT2D eigenvalue weighted by molar-refractivity contribution is 5.94. The van der Waals surface area contributed by atoms with E-state index in [0.29, 0.717) is 18.7 Å². The SMILES string of the molecule is CCC1CC(NCCNC(=O)c2ccc(C)cc2)CCO1. The van der Waals surface area contributed by atoms with Gasteiger partial charge < -0.3 is 15.4 Å². The van der Waals surface area contributed by atoms with E-state index in [4.69, 9.17) is 4.74 Å². The van der Waals surface area contributed by atoms with Crippen LogP contribution in [0.2, 0.25) is 0 Å². The fraction of sp³-hybridized carbons (Fsp3) is 0.588. The van der Waals surface area contributed by atoms with Gasteiger partial charge in [-0.1, -0.05) is 24.6 Å². The van der Waals surface area contributed by atoms with Crippen molar-refractivity contribution in [2.45, 2.75) is 45.3 Å². The summed E-state index contributed by atoms with van der Waals surface area (Å²) < 4.78 is 5.66. The summed E-state index contributed by atoms with van der Waals surface area (Å²) in [5.41, 5.74) is 1.89. The predicted molar refractivity (Wildman–Crippen MR) is 84.6 cm³/mol. The van der Waals surface area contributed by atoms with E-state index >= 15 is 0 Å². The standard InChI is InChI=1S/C17H26N2O2/c1-3-16-12-15(8-11-21-16)18-9-10-19-17(20)14-6-4-13(2)5-7-14/h4-7,15-16,18H,3,8-12H2,1-2H3,(H,19,20). The van der Waals surface area contributed by atoms with Gasteiger partial charge in [-0.2, -0.15) is 0 Å². The molecule has 1 fully saturated rings. The molecule has 1 saturated heterocycles. The van der Waals surface area contributed by atoms with E-state index < -0.39 is 0 Å². The molecule has 0 aromatic heterocycles. The first kappa shape index (κ1) is 16.0. The van der Waals surface area contributed by atoms with Crippen LogP contribution in [0.5, 0.6) is 0 Å². The van der Waals surface area contributed by atoms with Crippen molar-refractivity contribution in [2.75, 3.05) is 19.7 Å². The molecule has 0 saturated carbocycles. The fourth-order valence-corrected chi connectivity index (χ4v) is 2.61. The zero-order valence-corrected chi connectivity index (χ0v) is 13.0. The minimum Gasteiger partial charge on any atom is -0.378 e. The molecule has 4 heteroatoms. The van der Waals surface area contributed by atoms with Crippen LogP contribution in [-0.4, -0.2) is 37.7 Å². The number of amides is 1. The Morgan fingerprint density at radius 2 is 2.05 bits per heavy atom. The highest BCUT2D eigenvalue weighted by Crippen LogP contribution is 2.15. The number of ether oxygens (including phenoxy) is 1. The first-order valence-corrected chi connectivity index (χ1v) is 7.89. The average molecular weight is 290 g/mol. The number of rotatable bonds is 6. The normalized spacial score (nSPS) is 22.0. The third-order valence-corrected chi connectivity index (χ3v) is 3.98. The summed E-state index contributed by atoms with van der Waals surface area (Å²) in [7, 11) is 0. The van der Waals surface area contributed by atoms with E-state index in [1.165, 1.54) is 5.56 Å². The van der Waals surface area contributed by atoms with Gasteiger partial charge in [-0.15, -0.1) is 0 Å². The highest BCUT2D eigenvalue weighted by Gasteiger charge is 2.20.